The van der Waals surface area contributed by atoms with Crippen LogP contribution in [0.5, 0.6) is 0 Å². The first kappa shape index (κ1) is 15.5. The van der Waals surface area contributed by atoms with E-state index in [2.05, 4.69) is 15.9 Å². The molecule has 1 rings (SSSR count). The third-order valence-corrected chi connectivity index (χ3v) is 5.44. The maximum absolute atomic E-state index is 13.7. The van der Waals surface area contributed by atoms with E-state index in [9.17, 15) is 17.2 Å². The van der Waals surface area contributed by atoms with Gasteiger partial charge in [0.1, 0.15) is 11.6 Å². The number of halogens is 3. The standard InChI is InChI=1S/C11H14BrF2NO2S/c1-7(4-5-15)18(16,17)6-8-10(13)3-2-9(12)11(8)14/h2-3,7H,4-6,15H2,1H3. The molecule has 0 aliphatic heterocycles. The number of sulfone groups is 1. The Morgan fingerprint density at radius 1 is 1.39 bits per heavy atom. The molecule has 1 atom stereocenters. The van der Waals surface area contributed by atoms with Gasteiger partial charge < -0.3 is 5.73 Å². The first-order valence-corrected chi connectivity index (χ1v) is 7.84. The van der Waals surface area contributed by atoms with Crippen molar-refractivity contribution in [3.8, 4) is 0 Å². The lowest BCUT2D eigenvalue weighted by atomic mass is 10.2. The smallest absolute Gasteiger partial charge is 0.157 e. The largest absolute Gasteiger partial charge is 0.330 e. The summed E-state index contributed by atoms with van der Waals surface area (Å²) in [5.41, 5.74) is 4.85. The average Bonchev–Trinajstić information content (AvgIpc) is 2.30. The molecule has 0 saturated heterocycles. The van der Waals surface area contributed by atoms with Crippen LogP contribution in [0.2, 0.25) is 0 Å². The van der Waals surface area contributed by atoms with Gasteiger partial charge in [-0.15, -0.1) is 0 Å². The summed E-state index contributed by atoms with van der Waals surface area (Å²) in [7, 11) is -3.62. The molecule has 1 aromatic rings. The van der Waals surface area contributed by atoms with Gasteiger partial charge in [0.2, 0.25) is 0 Å². The molecule has 0 aliphatic carbocycles. The molecule has 18 heavy (non-hydrogen) atoms. The van der Waals surface area contributed by atoms with E-state index in [4.69, 9.17) is 5.73 Å². The lowest BCUT2D eigenvalue weighted by molar-refractivity contribution is 0.547. The van der Waals surface area contributed by atoms with Gasteiger partial charge in [-0.3, -0.25) is 0 Å². The van der Waals surface area contributed by atoms with E-state index in [-0.39, 0.29) is 17.4 Å². The Morgan fingerprint density at radius 3 is 2.56 bits per heavy atom. The van der Waals surface area contributed by atoms with Gasteiger partial charge in [-0.2, -0.15) is 0 Å². The monoisotopic (exact) mass is 341 g/mol. The maximum Gasteiger partial charge on any atom is 0.157 e. The van der Waals surface area contributed by atoms with Crippen LogP contribution in [-0.2, 0) is 15.6 Å². The molecule has 1 unspecified atom stereocenters. The van der Waals surface area contributed by atoms with Crippen molar-refractivity contribution in [2.75, 3.05) is 6.54 Å². The highest BCUT2D eigenvalue weighted by Crippen LogP contribution is 2.24. The van der Waals surface area contributed by atoms with Gasteiger partial charge in [-0.25, -0.2) is 17.2 Å². The summed E-state index contributed by atoms with van der Waals surface area (Å²) in [5, 5.41) is -0.722. The molecule has 0 aliphatic rings. The van der Waals surface area contributed by atoms with E-state index in [0.717, 1.165) is 6.07 Å². The van der Waals surface area contributed by atoms with Crippen molar-refractivity contribution < 1.29 is 17.2 Å². The van der Waals surface area contributed by atoms with Gasteiger partial charge in [0, 0.05) is 5.56 Å². The molecule has 1 aromatic carbocycles. The first-order valence-electron chi connectivity index (χ1n) is 5.33. The van der Waals surface area contributed by atoms with Crippen molar-refractivity contribution in [1.82, 2.24) is 0 Å². The van der Waals surface area contributed by atoms with Crippen LogP contribution in [0.15, 0.2) is 16.6 Å². The molecule has 102 valence electrons. The molecule has 0 amide bonds. The topological polar surface area (TPSA) is 60.2 Å². The first-order chi connectivity index (χ1) is 8.29. The number of hydrogen-bond donors (Lipinski definition) is 1. The van der Waals surface area contributed by atoms with Crippen molar-refractivity contribution in [2.24, 2.45) is 5.73 Å². The van der Waals surface area contributed by atoms with Gasteiger partial charge >= 0.3 is 0 Å². The van der Waals surface area contributed by atoms with E-state index in [1.165, 1.54) is 13.0 Å². The SMILES string of the molecule is CC(CCN)S(=O)(=O)Cc1c(F)ccc(Br)c1F. The normalized spacial score (nSPS) is 13.6. The zero-order chi connectivity index (χ0) is 13.9. The fraction of sp³-hybridized carbons (Fsp3) is 0.455. The van der Waals surface area contributed by atoms with Crippen molar-refractivity contribution in [1.29, 1.82) is 0 Å². The van der Waals surface area contributed by atoms with Crippen molar-refractivity contribution in [3.63, 3.8) is 0 Å². The minimum Gasteiger partial charge on any atom is -0.330 e. The lowest BCUT2D eigenvalue weighted by Crippen LogP contribution is -2.23. The Labute approximate surface area is 113 Å². The zero-order valence-electron chi connectivity index (χ0n) is 9.79. The van der Waals surface area contributed by atoms with Crippen LogP contribution in [0.25, 0.3) is 0 Å². The Hall–Kier alpha value is -0.530. The summed E-state index contributed by atoms with van der Waals surface area (Å²) in [6, 6.07) is 2.23. The molecular formula is C11H14BrF2NO2S. The van der Waals surface area contributed by atoms with Crippen LogP contribution >= 0.6 is 15.9 Å². The molecule has 2 N–H and O–H groups in total. The Bertz CT molecular complexity index is 534. The maximum atomic E-state index is 13.7. The molecule has 0 saturated carbocycles. The van der Waals surface area contributed by atoms with E-state index in [1.807, 2.05) is 0 Å². The van der Waals surface area contributed by atoms with E-state index >= 15 is 0 Å². The predicted octanol–water partition coefficient (Wildman–Crippen LogP) is 2.38. The minimum atomic E-state index is -3.62. The number of benzene rings is 1. The summed E-state index contributed by atoms with van der Waals surface area (Å²) in [6.45, 7) is 1.69. The number of hydrogen-bond acceptors (Lipinski definition) is 3. The highest BCUT2D eigenvalue weighted by atomic mass is 79.9. The van der Waals surface area contributed by atoms with Crippen LogP contribution in [0.3, 0.4) is 0 Å². The molecule has 7 heteroatoms. The molecule has 0 aromatic heterocycles. The van der Waals surface area contributed by atoms with Crippen LogP contribution in [0.1, 0.15) is 18.9 Å². The third kappa shape index (κ3) is 3.49. The van der Waals surface area contributed by atoms with Crippen molar-refractivity contribution in [3.05, 3.63) is 33.8 Å². The summed E-state index contributed by atoms with van der Waals surface area (Å²) >= 11 is 2.90. The van der Waals surface area contributed by atoms with Gasteiger partial charge in [0.05, 0.1) is 15.5 Å². The molecule has 0 heterocycles. The highest BCUT2D eigenvalue weighted by molar-refractivity contribution is 9.10. The van der Waals surface area contributed by atoms with Gasteiger partial charge in [0.15, 0.2) is 9.84 Å². The van der Waals surface area contributed by atoms with Gasteiger partial charge in [0.25, 0.3) is 0 Å². The lowest BCUT2D eigenvalue weighted by Gasteiger charge is -2.13. The summed E-state index contributed by atoms with van der Waals surface area (Å²) in [4.78, 5) is 0. The van der Waals surface area contributed by atoms with Gasteiger partial charge in [-0.05, 0) is 48.0 Å². The predicted molar refractivity (Wildman–Crippen MR) is 69.8 cm³/mol. The minimum absolute atomic E-state index is 0.0422. The number of rotatable bonds is 5. The number of nitrogens with two attached hydrogens (primary N) is 1. The third-order valence-electron chi connectivity index (χ3n) is 2.67. The van der Waals surface area contributed by atoms with Crippen LogP contribution < -0.4 is 5.73 Å². The summed E-state index contributed by atoms with van der Waals surface area (Å²) in [6.07, 6.45) is 0.263. The second-order valence-electron chi connectivity index (χ2n) is 4.02. The van der Waals surface area contributed by atoms with E-state index in [0.29, 0.717) is 0 Å². The second kappa shape index (κ2) is 6.08. The average molecular weight is 342 g/mol. The van der Waals surface area contributed by atoms with Crippen LogP contribution in [-0.4, -0.2) is 20.2 Å². The fourth-order valence-electron chi connectivity index (χ4n) is 1.46. The molecule has 0 spiro atoms. The van der Waals surface area contributed by atoms with Crippen LogP contribution in [0, 0.1) is 11.6 Å². The quantitative estimate of drug-likeness (QED) is 0.836. The molecule has 0 radical (unpaired) electrons. The zero-order valence-corrected chi connectivity index (χ0v) is 12.2. The van der Waals surface area contributed by atoms with E-state index in [1.54, 1.807) is 0 Å². The Morgan fingerprint density at radius 2 is 2.00 bits per heavy atom. The molecular weight excluding hydrogens is 328 g/mol. The van der Waals surface area contributed by atoms with Crippen LogP contribution in [0.4, 0.5) is 8.78 Å². The molecule has 3 nitrogen and oxygen atoms in total. The Kier molecular flexibility index (Phi) is 5.24. The van der Waals surface area contributed by atoms with E-state index < -0.39 is 38.0 Å². The molecule has 0 fully saturated rings. The highest BCUT2D eigenvalue weighted by Gasteiger charge is 2.25. The fourth-order valence-corrected chi connectivity index (χ4v) is 3.28. The van der Waals surface area contributed by atoms with Crippen molar-refractivity contribution >= 4 is 25.8 Å². The van der Waals surface area contributed by atoms with Crippen molar-refractivity contribution in [2.45, 2.75) is 24.3 Å². The second-order valence-corrected chi connectivity index (χ2v) is 7.29. The summed E-state index contributed by atoms with van der Waals surface area (Å²) in [5.74, 6) is -2.40. The summed E-state index contributed by atoms with van der Waals surface area (Å²) < 4.78 is 51.0. The Balaban J connectivity index is 3.08. The molecule has 0 bridgehead atoms. The van der Waals surface area contributed by atoms with Gasteiger partial charge in [-0.1, -0.05) is 0 Å².